The molecule has 1 unspecified atom stereocenters. The molecule has 0 amide bonds. The number of benzene rings is 2. The Morgan fingerprint density at radius 3 is 2.52 bits per heavy atom. The summed E-state index contributed by atoms with van der Waals surface area (Å²) in [5.74, 6) is -0.0990. The van der Waals surface area contributed by atoms with E-state index in [1.165, 1.54) is 7.11 Å². The molecule has 0 saturated heterocycles. The van der Waals surface area contributed by atoms with Crippen molar-refractivity contribution in [2.24, 2.45) is 5.41 Å². The lowest BCUT2D eigenvalue weighted by Crippen LogP contribution is -2.50. The molecule has 0 spiro atoms. The van der Waals surface area contributed by atoms with Gasteiger partial charge in [0.15, 0.2) is 17.3 Å². The zero-order valence-corrected chi connectivity index (χ0v) is 17.8. The van der Waals surface area contributed by atoms with Crippen molar-refractivity contribution >= 4 is 11.8 Å². The molecule has 2 aromatic rings. The fraction of sp³-hybridized carbons (Fsp3) is 0.440. The van der Waals surface area contributed by atoms with Gasteiger partial charge < -0.3 is 19.3 Å². The molecule has 0 aromatic heterocycles. The molecular weight excluding hydrogens is 396 g/mol. The van der Waals surface area contributed by atoms with Crippen molar-refractivity contribution in [3.8, 4) is 28.4 Å². The van der Waals surface area contributed by atoms with Gasteiger partial charge in [-0.1, -0.05) is 31.5 Å². The van der Waals surface area contributed by atoms with Crippen LogP contribution in [-0.4, -0.2) is 37.1 Å². The van der Waals surface area contributed by atoms with Crippen LogP contribution >= 0.6 is 0 Å². The van der Waals surface area contributed by atoms with Crippen molar-refractivity contribution in [1.29, 1.82) is 0 Å². The molecule has 4 rings (SSSR count). The number of carboxylic acid groups (broad SMARTS) is 1. The molecule has 1 atom stereocenters. The summed E-state index contributed by atoms with van der Waals surface area (Å²) < 4.78 is 32.4. The van der Waals surface area contributed by atoms with E-state index < -0.39 is 24.6 Å². The first-order valence-electron chi connectivity index (χ1n) is 11.8. The van der Waals surface area contributed by atoms with E-state index >= 15 is 0 Å². The predicted molar refractivity (Wildman–Crippen MR) is 116 cm³/mol. The molecule has 2 aliphatic rings. The van der Waals surface area contributed by atoms with Crippen molar-refractivity contribution in [2.45, 2.75) is 51.6 Å². The molecule has 0 radical (unpaired) electrons. The van der Waals surface area contributed by atoms with Crippen molar-refractivity contribution in [2.75, 3.05) is 14.2 Å². The van der Waals surface area contributed by atoms with Crippen LogP contribution in [0.15, 0.2) is 30.3 Å². The van der Waals surface area contributed by atoms with Gasteiger partial charge in [-0.3, -0.25) is 9.59 Å². The van der Waals surface area contributed by atoms with E-state index in [1.54, 1.807) is 12.1 Å². The average molecular weight is 427 g/mol. The Kier molecular flexibility index (Phi) is 4.98. The van der Waals surface area contributed by atoms with E-state index in [4.69, 9.17) is 17.0 Å². The van der Waals surface area contributed by atoms with Gasteiger partial charge in [0.1, 0.15) is 11.5 Å². The standard InChI is InChI=1S/C25H28O6/c1-4-21(25(24(27)28)13-6-14-25)31-22-18(10-12-20(29-2)23(22)30-3)15-7-5-8-17-16(15)9-11-19(17)26/h5,7-8,10,12,21H,4,6,9,11,13-14H2,1-3H3,(H,27,28)/i2D2. The van der Waals surface area contributed by atoms with Crippen LogP contribution in [0.25, 0.3) is 11.1 Å². The second-order valence-corrected chi connectivity index (χ2v) is 8.18. The van der Waals surface area contributed by atoms with Crippen LogP contribution < -0.4 is 14.2 Å². The lowest BCUT2D eigenvalue weighted by atomic mass is 9.64. The number of aliphatic carboxylic acids is 1. The smallest absolute Gasteiger partial charge is 0.313 e. The second-order valence-electron chi connectivity index (χ2n) is 8.18. The highest BCUT2D eigenvalue weighted by Crippen LogP contribution is 2.51. The molecule has 2 aliphatic carbocycles. The van der Waals surface area contributed by atoms with Gasteiger partial charge in [-0.05, 0) is 48.9 Å². The molecule has 1 N–H and O–H groups in total. The van der Waals surface area contributed by atoms with Gasteiger partial charge in [-0.25, -0.2) is 0 Å². The third-order valence-corrected chi connectivity index (χ3v) is 6.69. The van der Waals surface area contributed by atoms with E-state index in [0.29, 0.717) is 49.0 Å². The number of hydrogen-bond acceptors (Lipinski definition) is 5. The Bertz CT molecular complexity index is 1080. The molecule has 31 heavy (non-hydrogen) atoms. The van der Waals surface area contributed by atoms with Crippen LogP contribution in [0.2, 0.25) is 0 Å². The first-order chi connectivity index (χ1) is 15.8. The summed E-state index contributed by atoms with van der Waals surface area (Å²) in [6.45, 7) is 1.89. The minimum atomic E-state index is -1.57. The number of ether oxygens (including phenoxy) is 3. The number of ketones is 1. The first-order valence-corrected chi connectivity index (χ1v) is 10.6. The third-order valence-electron chi connectivity index (χ3n) is 6.69. The normalized spacial score (nSPS) is 18.5. The van der Waals surface area contributed by atoms with Crippen LogP contribution in [0.5, 0.6) is 17.2 Å². The summed E-state index contributed by atoms with van der Waals surface area (Å²) in [6, 6.07) is 8.93. The largest absolute Gasteiger partial charge is 0.493 e. The molecule has 0 aliphatic heterocycles. The summed E-state index contributed by atoms with van der Waals surface area (Å²) in [5.41, 5.74) is 2.11. The lowest BCUT2D eigenvalue weighted by molar-refractivity contribution is -0.163. The Morgan fingerprint density at radius 1 is 1.13 bits per heavy atom. The van der Waals surface area contributed by atoms with E-state index in [0.717, 1.165) is 17.5 Å². The summed E-state index contributed by atoms with van der Waals surface area (Å²) in [6.07, 6.45) is 2.82. The van der Waals surface area contributed by atoms with Gasteiger partial charge in [-0.2, -0.15) is 0 Å². The number of carbonyl (C=O) groups excluding carboxylic acids is 1. The zero-order valence-electron chi connectivity index (χ0n) is 19.8. The molecule has 6 heteroatoms. The number of Topliss-reactive ketones (excluding diaryl/α,β-unsaturated/α-hetero) is 1. The molecule has 2 aromatic carbocycles. The van der Waals surface area contributed by atoms with Crippen molar-refractivity contribution in [3.63, 3.8) is 0 Å². The highest BCUT2D eigenvalue weighted by atomic mass is 16.5. The van der Waals surface area contributed by atoms with Gasteiger partial charge >= 0.3 is 5.97 Å². The Labute approximate surface area is 184 Å². The first kappa shape index (κ1) is 18.7. The van der Waals surface area contributed by atoms with Crippen LogP contribution in [0.3, 0.4) is 0 Å². The van der Waals surface area contributed by atoms with E-state index in [9.17, 15) is 14.7 Å². The van der Waals surface area contributed by atoms with Gasteiger partial charge in [0.25, 0.3) is 0 Å². The van der Waals surface area contributed by atoms with Crippen LogP contribution in [0.1, 0.15) is 57.7 Å². The Hall–Kier alpha value is -3.02. The van der Waals surface area contributed by atoms with Crippen molar-refractivity contribution < 1.29 is 31.6 Å². The summed E-state index contributed by atoms with van der Waals surface area (Å²) in [7, 11) is -0.132. The van der Waals surface area contributed by atoms with E-state index in [-0.39, 0.29) is 17.3 Å². The number of fused-ring (bicyclic) bond motifs is 1. The van der Waals surface area contributed by atoms with Crippen LogP contribution in [0, 0.1) is 5.41 Å². The number of carbonyl (C=O) groups is 2. The topological polar surface area (TPSA) is 82.1 Å². The van der Waals surface area contributed by atoms with E-state index in [1.807, 2.05) is 25.1 Å². The number of methoxy groups -OCH3 is 2. The summed E-state index contributed by atoms with van der Waals surface area (Å²) >= 11 is 0. The number of carboxylic acids is 1. The third kappa shape index (κ3) is 3.34. The Morgan fingerprint density at radius 2 is 1.90 bits per heavy atom. The van der Waals surface area contributed by atoms with Gasteiger partial charge in [0.2, 0.25) is 5.75 Å². The molecule has 0 bridgehead atoms. The van der Waals surface area contributed by atoms with Crippen molar-refractivity contribution in [1.82, 2.24) is 0 Å². The second kappa shape index (κ2) is 8.25. The molecule has 1 fully saturated rings. The predicted octanol–water partition coefficient (Wildman–Crippen LogP) is 4.91. The maximum absolute atomic E-state index is 12.3. The minimum Gasteiger partial charge on any atom is -0.493 e. The number of rotatable bonds is 8. The van der Waals surface area contributed by atoms with Gasteiger partial charge in [-0.15, -0.1) is 0 Å². The van der Waals surface area contributed by atoms with E-state index in [2.05, 4.69) is 0 Å². The zero-order chi connectivity index (χ0) is 23.8. The van der Waals surface area contributed by atoms with Gasteiger partial charge in [0.05, 0.1) is 16.9 Å². The monoisotopic (exact) mass is 426 g/mol. The highest BCUT2D eigenvalue weighted by Gasteiger charge is 2.52. The summed E-state index contributed by atoms with van der Waals surface area (Å²) in [5, 5.41) is 9.98. The summed E-state index contributed by atoms with van der Waals surface area (Å²) in [4.78, 5) is 24.5. The fourth-order valence-corrected chi connectivity index (χ4v) is 4.86. The SMILES string of the molecule is [2H]C([2H])Oc1ccc(-c2cccc3c2CCC3=O)c(OC(CC)C2(C(=O)O)CCC2)c1OC. The highest BCUT2D eigenvalue weighted by molar-refractivity contribution is 6.02. The lowest BCUT2D eigenvalue weighted by Gasteiger charge is -2.43. The maximum atomic E-state index is 12.3. The Balaban J connectivity index is 1.88. The molecule has 6 nitrogen and oxygen atoms in total. The van der Waals surface area contributed by atoms with Gasteiger partial charge in [0, 0.05) is 17.5 Å². The molecule has 164 valence electrons. The average Bonchev–Trinajstić information content (AvgIpc) is 3.13. The molecular formula is C25H28O6. The number of hydrogen-bond donors (Lipinski definition) is 1. The van der Waals surface area contributed by atoms with Crippen LogP contribution in [0.4, 0.5) is 0 Å². The molecule has 0 heterocycles. The van der Waals surface area contributed by atoms with Crippen molar-refractivity contribution in [3.05, 3.63) is 41.5 Å². The minimum absolute atomic E-state index is 0.0956. The van der Waals surface area contributed by atoms with Crippen LogP contribution in [-0.2, 0) is 11.2 Å². The maximum Gasteiger partial charge on any atom is 0.313 e. The molecule has 1 saturated carbocycles. The fourth-order valence-electron chi connectivity index (χ4n) is 4.86. The quantitative estimate of drug-likeness (QED) is 0.646.